The van der Waals surface area contributed by atoms with E-state index in [1.165, 1.54) is 19.3 Å². The van der Waals surface area contributed by atoms with Crippen LogP contribution >= 0.6 is 0 Å². The minimum atomic E-state index is -0.138. The Morgan fingerprint density at radius 1 is 1.23 bits per heavy atom. The molecular weight excluding hydrogens is 276 g/mol. The van der Waals surface area contributed by atoms with Gasteiger partial charge in [0.1, 0.15) is 5.58 Å². The number of nitrogens with zero attached hydrogens (tertiary/aromatic N) is 1. The largest absolute Gasteiger partial charge is 0.451 e. The van der Waals surface area contributed by atoms with Gasteiger partial charge in [0.15, 0.2) is 5.76 Å². The molecule has 0 spiro atoms. The summed E-state index contributed by atoms with van der Waals surface area (Å²) in [5, 5.41) is 3.98. The van der Waals surface area contributed by atoms with Gasteiger partial charge >= 0.3 is 0 Å². The first-order valence-electron chi connectivity index (χ1n) is 8.08. The Morgan fingerprint density at radius 2 is 1.95 bits per heavy atom. The van der Waals surface area contributed by atoms with Crippen LogP contribution in [0.2, 0.25) is 0 Å². The van der Waals surface area contributed by atoms with Crippen LogP contribution in [-0.4, -0.2) is 36.0 Å². The van der Waals surface area contributed by atoms with E-state index < -0.39 is 0 Å². The fraction of sp³-hybridized carbons (Fsp3) is 0.500. The van der Waals surface area contributed by atoms with E-state index in [4.69, 9.17) is 4.42 Å². The van der Waals surface area contributed by atoms with Crippen LogP contribution in [0.5, 0.6) is 0 Å². The van der Waals surface area contributed by atoms with Gasteiger partial charge in [0.2, 0.25) is 0 Å². The summed E-state index contributed by atoms with van der Waals surface area (Å²) in [6, 6.07) is 9.49. The molecule has 0 unspecified atom stereocenters. The van der Waals surface area contributed by atoms with Crippen LogP contribution < -0.4 is 5.32 Å². The molecule has 4 heteroatoms. The molecule has 2 heterocycles. The first-order chi connectivity index (χ1) is 10.6. The second-order valence-electron chi connectivity index (χ2n) is 6.69. The predicted octanol–water partition coefficient (Wildman–Crippen LogP) is 3.43. The number of fused-ring (bicyclic) bond motifs is 1. The van der Waals surface area contributed by atoms with Crippen LogP contribution in [0.25, 0.3) is 11.0 Å². The average molecular weight is 300 g/mol. The third-order valence-corrected chi connectivity index (χ3v) is 4.54. The highest BCUT2D eigenvalue weighted by Gasteiger charge is 2.28. The molecule has 1 aliphatic rings. The number of benzene rings is 1. The maximum absolute atomic E-state index is 12.3. The first-order valence-corrected chi connectivity index (χ1v) is 8.08. The van der Waals surface area contributed by atoms with Gasteiger partial charge in [0.25, 0.3) is 5.91 Å². The van der Waals surface area contributed by atoms with E-state index in [-0.39, 0.29) is 11.4 Å². The topological polar surface area (TPSA) is 45.5 Å². The smallest absolute Gasteiger partial charge is 0.287 e. The number of likely N-dealkylation sites (tertiary alicyclic amines) is 1. The molecular formula is C18H24N2O2. The molecule has 0 radical (unpaired) electrons. The van der Waals surface area contributed by atoms with Crippen molar-refractivity contribution in [1.29, 1.82) is 0 Å². The number of piperidine rings is 1. The summed E-state index contributed by atoms with van der Waals surface area (Å²) in [6.45, 7) is 7.25. The van der Waals surface area contributed by atoms with Crippen molar-refractivity contribution < 1.29 is 9.21 Å². The van der Waals surface area contributed by atoms with E-state index in [1.54, 1.807) is 6.07 Å². The maximum atomic E-state index is 12.3. The van der Waals surface area contributed by atoms with Gasteiger partial charge in [0, 0.05) is 17.5 Å². The van der Waals surface area contributed by atoms with Crippen molar-refractivity contribution in [2.24, 2.45) is 0 Å². The number of para-hydroxylation sites is 1. The zero-order chi connectivity index (χ0) is 15.6. The van der Waals surface area contributed by atoms with E-state index >= 15 is 0 Å². The van der Waals surface area contributed by atoms with Crippen LogP contribution in [0.4, 0.5) is 0 Å². The van der Waals surface area contributed by atoms with Crippen molar-refractivity contribution in [3.05, 3.63) is 36.1 Å². The molecule has 1 aromatic carbocycles. The Morgan fingerprint density at radius 3 is 2.68 bits per heavy atom. The van der Waals surface area contributed by atoms with Gasteiger partial charge in [-0.3, -0.25) is 9.69 Å². The van der Waals surface area contributed by atoms with E-state index in [0.29, 0.717) is 12.3 Å². The molecule has 0 bridgehead atoms. The quantitative estimate of drug-likeness (QED) is 0.941. The first kappa shape index (κ1) is 15.1. The summed E-state index contributed by atoms with van der Waals surface area (Å²) in [6.07, 6.45) is 3.82. The van der Waals surface area contributed by atoms with Crippen molar-refractivity contribution in [1.82, 2.24) is 10.2 Å². The SMILES string of the molecule is CC(C)(CNC(=O)c1cc2ccccc2o1)N1CCCCC1. The molecule has 1 amide bonds. The Hall–Kier alpha value is -1.81. The number of hydrogen-bond donors (Lipinski definition) is 1. The lowest BCUT2D eigenvalue weighted by Gasteiger charge is -2.41. The summed E-state index contributed by atoms with van der Waals surface area (Å²) in [5.74, 6) is 0.247. The van der Waals surface area contributed by atoms with Gasteiger partial charge in [-0.15, -0.1) is 0 Å². The summed E-state index contributed by atoms with van der Waals surface area (Å²) >= 11 is 0. The molecule has 22 heavy (non-hydrogen) atoms. The van der Waals surface area contributed by atoms with Gasteiger partial charge in [-0.25, -0.2) is 0 Å². The normalized spacial score (nSPS) is 16.8. The lowest BCUT2D eigenvalue weighted by molar-refractivity contribution is 0.0781. The van der Waals surface area contributed by atoms with Crippen LogP contribution in [0, 0.1) is 0 Å². The summed E-state index contributed by atoms with van der Waals surface area (Å²) < 4.78 is 5.61. The molecule has 1 fully saturated rings. The van der Waals surface area contributed by atoms with Crippen LogP contribution in [0.15, 0.2) is 34.7 Å². The monoisotopic (exact) mass is 300 g/mol. The number of furan rings is 1. The summed E-state index contributed by atoms with van der Waals surface area (Å²) in [4.78, 5) is 14.8. The average Bonchev–Trinajstić information content (AvgIpc) is 2.98. The van der Waals surface area contributed by atoms with Crippen LogP contribution in [0.3, 0.4) is 0 Å². The van der Waals surface area contributed by atoms with Crippen LogP contribution in [-0.2, 0) is 0 Å². The number of carbonyl (C=O) groups excluding carboxylic acids is 1. The lowest BCUT2D eigenvalue weighted by Crippen LogP contribution is -2.53. The van der Waals surface area contributed by atoms with E-state index in [9.17, 15) is 4.79 Å². The molecule has 0 saturated carbocycles. The molecule has 1 N–H and O–H groups in total. The van der Waals surface area contributed by atoms with Gasteiger partial charge in [-0.1, -0.05) is 24.6 Å². The van der Waals surface area contributed by atoms with Crippen molar-refractivity contribution in [3.8, 4) is 0 Å². The van der Waals surface area contributed by atoms with Gasteiger partial charge < -0.3 is 9.73 Å². The van der Waals surface area contributed by atoms with Crippen LogP contribution in [0.1, 0.15) is 43.7 Å². The molecule has 0 atom stereocenters. The number of hydrogen-bond acceptors (Lipinski definition) is 3. The Labute approximate surface area is 131 Å². The molecule has 1 aliphatic heterocycles. The minimum Gasteiger partial charge on any atom is -0.451 e. The second kappa shape index (κ2) is 6.13. The predicted molar refractivity (Wildman–Crippen MR) is 88.1 cm³/mol. The molecule has 1 saturated heterocycles. The third kappa shape index (κ3) is 3.17. The number of rotatable bonds is 4. The fourth-order valence-corrected chi connectivity index (χ4v) is 3.09. The highest BCUT2D eigenvalue weighted by molar-refractivity contribution is 5.96. The van der Waals surface area contributed by atoms with E-state index in [1.807, 2.05) is 24.3 Å². The molecule has 0 aliphatic carbocycles. The second-order valence-corrected chi connectivity index (χ2v) is 6.69. The van der Waals surface area contributed by atoms with Crippen molar-refractivity contribution in [3.63, 3.8) is 0 Å². The molecule has 1 aromatic heterocycles. The Kier molecular flexibility index (Phi) is 4.21. The van der Waals surface area contributed by atoms with Gasteiger partial charge in [-0.2, -0.15) is 0 Å². The summed E-state index contributed by atoms with van der Waals surface area (Å²) in [5.41, 5.74) is 0.727. The highest BCUT2D eigenvalue weighted by atomic mass is 16.3. The molecule has 4 nitrogen and oxygen atoms in total. The number of nitrogens with one attached hydrogen (secondary N) is 1. The molecule has 2 aromatic rings. The number of amides is 1. The minimum absolute atomic E-state index is 0.0257. The lowest BCUT2D eigenvalue weighted by atomic mass is 9.98. The van der Waals surface area contributed by atoms with Crippen molar-refractivity contribution in [2.45, 2.75) is 38.6 Å². The van der Waals surface area contributed by atoms with Crippen molar-refractivity contribution in [2.75, 3.05) is 19.6 Å². The van der Waals surface area contributed by atoms with Crippen molar-refractivity contribution >= 4 is 16.9 Å². The van der Waals surface area contributed by atoms with E-state index in [0.717, 1.165) is 24.1 Å². The zero-order valence-corrected chi connectivity index (χ0v) is 13.4. The highest BCUT2D eigenvalue weighted by Crippen LogP contribution is 2.21. The number of carbonyl (C=O) groups is 1. The van der Waals surface area contributed by atoms with E-state index in [2.05, 4.69) is 24.1 Å². The Balaban J connectivity index is 1.63. The third-order valence-electron chi connectivity index (χ3n) is 4.54. The van der Waals surface area contributed by atoms with Gasteiger partial charge in [-0.05, 0) is 51.9 Å². The Bertz CT molecular complexity index is 621. The zero-order valence-electron chi connectivity index (χ0n) is 13.4. The summed E-state index contributed by atoms with van der Waals surface area (Å²) in [7, 11) is 0. The van der Waals surface area contributed by atoms with Gasteiger partial charge in [0.05, 0.1) is 0 Å². The molecule has 118 valence electrons. The maximum Gasteiger partial charge on any atom is 0.287 e. The standard InChI is InChI=1S/C18H24N2O2/c1-18(2,20-10-6-3-7-11-20)13-19-17(21)16-12-14-8-4-5-9-15(14)22-16/h4-5,8-9,12H,3,6-7,10-11,13H2,1-2H3,(H,19,21). The molecule has 3 rings (SSSR count). The fourth-order valence-electron chi connectivity index (χ4n) is 3.09.